The quantitative estimate of drug-likeness (QED) is 0.791. The molecule has 1 fully saturated rings. The van der Waals surface area contributed by atoms with Gasteiger partial charge in [0, 0.05) is 37.9 Å². The van der Waals surface area contributed by atoms with Crippen LogP contribution in [-0.4, -0.2) is 66.7 Å². The van der Waals surface area contributed by atoms with Crippen molar-refractivity contribution in [3.8, 4) is 0 Å². The summed E-state index contributed by atoms with van der Waals surface area (Å²) in [5.41, 5.74) is 0.811. The lowest BCUT2D eigenvalue weighted by atomic mass is 10.2. The Morgan fingerprint density at radius 3 is 2.25 bits per heavy atom. The number of carbonyl (C=O) groups excluding carboxylic acids is 2. The van der Waals surface area contributed by atoms with Crippen molar-refractivity contribution in [1.29, 1.82) is 0 Å². The number of aromatic nitrogens is 1. The molecule has 0 saturated carbocycles. The largest absolute Gasteiger partial charge is 0.356 e. The summed E-state index contributed by atoms with van der Waals surface area (Å²) >= 11 is 0. The molecular formula is C12H17N3O4S. The van der Waals surface area contributed by atoms with E-state index in [0.29, 0.717) is 37.4 Å². The van der Waals surface area contributed by atoms with E-state index in [-0.39, 0.29) is 11.7 Å². The number of sulfonamides is 1. The minimum atomic E-state index is -3.20. The lowest BCUT2D eigenvalue weighted by Crippen LogP contribution is -2.50. The SMILES string of the molecule is CC(=O)c1c[nH]c(C(=O)N2CCN(S(C)(=O)=O)CC2)c1. The van der Waals surface area contributed by atoms with Gasteiger partial charge in [0.15, 0.2) is 5.78 Å². The summed E-state index contributed by atoms with van der Waals surface area (Å²) in [5.74, 6) is -0.326. The minimum Gasteiger partial charge on any atom is -0.356 e. The molecule has 1 aromatic heterocycles. The Morgan fingerprint density at radius 1 is 1.20 bits per heavy atom. The van der Waals surface area contributed by atoms with Crippen LogP contribution in [0.25, 0.3) is 0 Å². The first kappa shape index (κ1) is 14.7. The van der Waals surface area contributed by atoms with Gasteiger partial charge in [-0.25, -0.2) is 8.42 Å². The second-order valence-electron chi connectivity index (χ2n) is 4.81. The van der Waals surface area contributed by atoms with Crippen molar-refractivity contribution in [2.75, 3.05) is 32.4 Å². The van der Waals surface area contributed by atoms with Gasteiger partial charge in [0.1, 0.15) is 5.69 Å². The summed E-state index contributed by atoms with van der Waals surface area (Å²) in [5, 5.41) is 0. The molecule has 0 spiro atoms. The molecule has 0 aliphatic carbocycles. The number of Topliss-reactive ketones (excluding diaryl/α,β-unsaturated/α-hetero) is 1. The fourth-order valence-corrected chi connectivity index (χ4v) is 2.94. The molecular weight excluding hydrogens is 282 g/mol. The van der Waals surface area contributed by atoms with Crippen LogP contribution in [0.15, 0.2) is 12.3 Å². The fourth-order valence-electron chi connectivity index (χ4n) is 2.11. The molecule has 0 radical (unpaired) electrons. The number of carbonyl (C=O) groups is 2. The number of H-pyrrole nitrogens is 1. The molecule has 1 saturated heterocycles. The minimum absolute atomic E-state index is 0.109. The highest BCUT2D eigenvalue weighted by atomic mass is 32.2. The number of hydrogen-bond donors (Lipinski definition) is 1. The molecule has 1 N–H and O–H groups in total. The van der Waals surface area contributed by atoms with Crippen LogP contribution >= 0.6 is 0 Å². The van der Waals surface area contributed by atoms with Gasteiger partial charge in [-0.2, -0.15) is 4.31 Å². The number of hydrogen-bond acceptors (Lipinski definition) is 4. The van der Waals surface area contributed by atoms with Gasteiger partial charge < -0.3 is 9.88 Å². The number of ketones is 1. The zero-order valence-electron chi connectivity index (χ0n) is 11.4. The van der Waals surface area contributed by atoms with E-state index in [4.69, 9.17) is 0 Å². The summed E-state index contributed by atoms with van der Waals surface area (Å²) < 4.78 is 24.1. The van der Waals surface area contributed by atoms with Crippen LogP contribution < -0.4 is 0 Å². The van der Waals surface area contributed by atoms with Gasteiger partial charge in [0.25, 0.3) is 5.91 Å². The molecule has 110 valence electrons. The van der Waals surface area contributed by atoms with E-state index in [1.807, 2.05) is 0 Å². The highest BCUT2D eigenvalue weighted by Crippen LogP contribution is 2.11. The van der Waals surface area contributed by atoms with Crippen LogP contribution in [0, 0.1) is 0 Å². The van der Waals surface area contributed by atoms with E-state index in [0.717, 1.165) is 6.26 Å². The Labute approximate surface area is 117 Å². The Morgan fingerprint density at radius 2 is 1.80 bits per heavy atom. The molecule has 0 bridgehead atoms. The smallest absolute Gasteiger partial charge is 0.270 e. The van der Waals surface area contributed by atoms with E-state index in [9.17, 15) is 18.0 Å². The predicted octanol–water partition coefficient (Wildman–Crippen LogP) is -0.0653. The molecule has 8 heteroatoms. The molecule has 1 amide bonds. The first-order chi connectivity index (χ1) is 9.29. The molecule has 0 aromatic carbocycles. The van der Waals surface area contributed by atoms with Crippen LogP contribution in [0.4, 0.5) is 0 Å². The van der Waals surface area contributed by atoms with Crippen molar-refractivity contribution < 1.29 is 18.0 Å². The third-order valence-corrected chi connectivity index (χ3v) is 4.62. The first-order valence-electron chi connectivity index (χ1n) is 6.23. The summed E-state index contributed by atoms with van der Waals surface area (Å²) in [7, 11) is -3.20. The van der Waals surface area contributed by atoms with Crippen molar-refractivity contribution in [3.05, 3.63) is 23.5 Å². The van der Waals surface area contributed by atoms with Gasteiger partial charge in [-0.05, 0) is 13.0 Å². The molecule has 7 nitrogen and oxygen atoms in total. The third kappa shape index (κ3) is 3.07. The molecule has 2 rings (SSSR count). The molecule has 0 unspecified atom stereocenters. The zero-order valence-corrected chi connectivity index (χ0v) is 12.2. The maximum Gasteiger partial charge on any atom is 0.270 e. The second kappa shape index (κ2) is 5.37. The monoisotopic (exact) mass is 299 g/mol. The topological polar surface area (TPSA) is 90.6 Å². The van der Waals surface area contributed by atoms with Gasteiger partial charge in [-0.1, -0.05) is 0 Å². The van der Waals surface area contributed by atoms with E-state index >= 15 is 0 Å². The average Bonchev–Trinajstić information content (AvgIpc) is 2.86. The third-order valence-electron chi connectivity index (χ3n) is 3.31. The lowest BCUT2D eigenvalue weighted by Gasteiger charge is -2.32. The van der Waals surface area contributed by atoms with E-state index in [2.05, 4.69) is 4.98 Å². The maximum absolute atomic E-state index is 12.2. The highest BCUT2D eigenvalue weighted by molar-refractivity contribution is 7.88. The number of rotatable bonds is 3. The molecule has 2 heterocycles. The molecule has 1 aliphatic heterocycles. The Balaban J connectivity index is 2.03. The van der Waals surface area contributed by atoms with Crippen molar-refractivity contribution in [2.45, 2.75) is 6.92 Å². The van der Waals surface area contributed by atoms with Crippen molar-refractivity contribution in [3.63, 3.8) is 0 Å². The molecule has 1 aliphatic rings. The van der Waals surface area contributed by atoms with Crippen LogP contribution in [-0.2, 0) is 10.0 Å². The van der Waals surface area contributed by atoms with E-state index in [1.54, 1.807) is 4.90 Å². The summed E-state index contributed by atoms with van der Waals surface area (Å²) in [4.78, 5) is 27.8. The Kier molecular flexibility index (Phi) is 3.96. The standard InChI is InChI=1S/C12H17N3O4S/c1-9(16)10-7-11(13-8-10)12(17)14-3-5-15(6-4-14)20(2,18)19/h7-8,13H,3-6H2,1-2H3. The normalized spacial score (nSPS) is 17.2. The van der Waals surface area contributed by atoms with Gasteiger partial charge in [-0.15, -0.1) is 0 Å². The Hall–Kier alpha value is -1.67. The summed E-state index contributed by atoms with van der Waals surface area (Å²) in [6.07, 6.45) is 2.66. The van der Waals surface area contributed by atoms with Gasteiger partial charge in [0.2, 0.25) is 10.0 Å². The van der Waals surface area contributed by atoms with Gasteiger partial charge in [-0.3, -0.25) is 9.59 Å². The number of aromatic amines is 1. The Bertz CT molecular complexity index is 627. The van der Waals surface area contributed by atoms with Gasteiger partial charge >= 0.3 is 0 Å². The van der Waals surface area contributed by atoms with Crippen molar-refractivity contribution >= 4 is 21.7 Å². The fraction of sp³-hybridized carbons (Fsp3) is 0.500. The second-order valence-corrected chi connectivity index (χ2v) is 6.79. The summed E-state index contributed by atoms with van der Waals surface area (Å²) in [6, 6.07) is 1.52. The van der Waals surface area contributed by atoms with Crippen LogP contribution in [0.3, 0.4) is 0 Å². The summed E-state index contributed by atoms with van der Waals surface area (Å²) in [6.45, 7) is 2.72. The predicted molar refractivity (Wildman–Crippen MR) is 73.1 cm³/mol. The highest BCUT2D eigenvalue weighted by Gasteiger charge is 2.27. The molecule has 1 aromatic rings. The molecule has 20 heavy (non-hydrogen) atoms. The lowest BCUT2D eigenvalue weighted by molar-refractivity contribution is 0.0693. The van der Waals surface area contributed by atoms with E-state index < -0.39 is 10.0 Å². The number of nitrogens with zero attached hydrogens (tertiary/aromatic N) is 2. The van der Waals surface area contributed by atoms with Crippen molar-refractivity contribution in [2.24, 2.45) is 0 Å². The number of piperazine rings is 1. The van der Waals surface area contributed by atoms with E-state index in [1.165, 1.54) is 23.5 Å². The number of nitrogens with one attached hydrogen (secondary N) is 1. The zero-order chi connectivity index (χ0) is 14.9. The van der Waals surface area contributed by atoms with Crippen LogP contribution in [0.1, 0.15) is 27.8 Å². The van der Waals surface area contributed by atoms with Crippen molar-refractivity contribution in [1.82, 2.24) is 14.2 Å². The van der Waals surface area contributed by atoms with Crippen LogP contribution in [0.2, 0.25) is 0 Å². The number of amides is 1. The van der Waals surface area contributed by atoms with Gasteiger partial charge in [0.05, 0.1) is 6.26 Å². The van der Waals surface area contributed by atoms with Crippen LogP contribution in [0.5, 0.6) is 0 Å². The molecule has 0 atom stereocenters. The first-order valence-corrected chi connectivity index (χ1v) is 8.07. The average molecular weight is 299 g/mol. The maximum atomic E-state index is 12.2.